The van der Waals surface area contributed by atoms with E-state index < -0.39 is 47.0 Å². The zero-order chi connectivity index (χ0) is 32.1. The number of carbonyl (C=O) groups excluding carboxylic acids is 3. The Morgan fingerprint density at radius 1 is 1.23 bits per heavy atom. The lowest BCUT2D eigenvalue weighted by Crippen LogP contribution is -2.59. The molecular formula is C32H44BrFN4O5S. The number of benzene rings is 1. The SMILES string of the molecule is Cc1ncsc1-c1ccc(CNC(=O)[C@@H]2C[C@@H](O)CN2C(=O)C(NC(=O)C2(F)CC2)C(C)(C)C)c(OCCCCCCBr)c1. The average molecular weight is 696 g/mol. The molecule has 1 aromatic heterocycles. The number of halogens is 2. The molecule has 1 aromatic carbocycles. The summed E-state index contributed by atoms with van der Waals surface area (Å²) in [4.78, 5) is 46.5. The van der Waals surface area contributed by atoms with E-state index in [2.05, 4.69) is 31.5 Å². The number of likely N-dealkylation sites (tertiary alicyclic amines) is 1. The van der Waals surface area contributed by atoms with Gasteiger partial charge in [0.25, 0.3) is 5.91 Å². The number of aromatic nitrogens is 1. The van der Waals surface area contributed by atoms with Crippen molar-refractivity contribution in [2.45, 2.75) is 103 Å². The number of ether oxygens (including phenoxy) is 1. The first-order valence-electron chi connectivity index (χ1n) is 15.3. The van der Waals surface area contributed by atoms with Crippen LogP contribution in [0.1, 0.15) is 77.0 Å². The highest BCUT2D eigenvalue weighted by molar-refractivity contribution is 9.09. The molecule has 0 radical (unpaired) electrons. The largest absolute Gasteiger partial charge is 0.493 e. The molecule has 1 saturated carbocycles. The summed E-state index contributed by atoms with van der Waals surface area (Å²) in [6, 6.07) is 3.90. The van der Waals surface area contributed by atoms with Crippen LogP contribution in [0, 0.1) is 12.3 Å². The Morgan fingerprint density at radius 3 is 2.59 bits per heavy atom. The number of alkyl halides is 2. The fraction of sp³-hybridized carbons (Fsp3) is 0.625. The van der Waals surface area contributed by atoms with Crippen LogP contribution in [0.5, 0.6) is 5.75 Å². The minimum Gasteiger partial charge on any atom is -0.493 e. The third-order valence-electron chi connectivity index (χ3n) is 8.16. The molecule has 1 aliphatic heterocycles. The Hall–Kier alpha value is -2.57. The monoisotopic (exact) mass is 694 g/mol. The van der Waals surface area contributed by atoms with Crippen molar-refractivity contribution in [3.63, 3.8) is 0 Å². The maximum atomic E-state index is 14.5. The summed E-state index contributed by atoms with van der Waals surface area (Å²) < 4.78 is 20.7. The number of nitrogens with one attached hydrogen (secondary N) is 2. The van der Waals surface area contributed by atoms with Gasteiger partial charge in [0, 0.05) is 30.4 Å². The van der Waals surface area contributed by atoms with E-state index in [1.807, 2.05) is 30.6 Å². The van der Waals surface area contributed by atoms with Gasteiger partial charge in [-0.05, 0) is 49.7 Å². The number of aliphatic hydroxyl groups is 1. The molecule has 1 saturated heterocycles. The summed E-state index contributed by atoms with van der Waals surface area (Å²) in [5.41, 5.74) is 1.84. The first kappa shape index (κ1) is 34.3. The zero-order valence-electron chi connectivity index (χ0n) is 26.0. The lowest BCUT2D eigenvalue weighted by Gasteiger charge is -2.35. The van der Waals surface area contributed by atoms with E-state index in [1.54, 1.807) is 32.1 Å². The second-order valence-electron chi connectivity index (χ2n) is 12.9. The number of β-amino-alcohol motifs (C(OH)–C–C–N with tert-alkyl or cyclic N) is 1. The van der Waals surface area contributed by atoms with Gasteiger partial charge in [-0.25, -0.2) is 9.37 Å². The van der Waals surface area contributed by atoms with E-state index in [-0.39, 0.29) is 32.4 Å². The quantitative estimate of drug-likeness (QED) is 0.188. The van der Waals surface area contributed by atoms with Gasteiger partial charge in [0.1, 0.15) is 17.8 Å². The van der Waals surface area contributed by atoms with E-state index in [1.165, 1.54) is 4.90 Å². The highest BCUT2D eigenvalue weighted by Gasteiger charge is 2.53. The minimum atomic E-state index is -1.94. The number of nitrogens with zero attached hydrogens (tertiary/aromatic N) is 2. The van der Waals surface area contributed by atoms with Crippen molar-refractivity contribution in [1.29, 1.82) is 0 Å². The predicted molar refractivity (Wildman–Crippen MR) is 172 cm³/mol. The van der Waals surface area contributed by atoms with E-state index in [9.17, 15) is 23.9 Å². The van der Waals surface area contributed by atoms with Crippen LogP contribution >= 0.6 is 27.3 Å². The second kappa shape index (κ2) is 14.7. The fourth-order valence-electron chi connectivity index (χ4n) is 5.31. The molecule has 2 fully saturated rings. The van der Waals surface area contributed by atoms with Gasteiger partial charge in [0.05, 0.1) is 28.8 Å². The molecule has 2 aromatic rings. The highest BCUT2D eigenvalue weighted by atomic mass is 79.9. The Kier molecular flexibility index (Phi) is 11.4. The number of thiazole rings is 1. The number of carbonyl (C=O) groups is 3. The number of hydrogen-bond donors (Lipinski definition) is 3. The average Bonchev–Trinajstić information content (AvgIpc) is 3.38. The molecule has 44 heavy (non-hydrogen) atoms. The van der Waals surface area contributed by atoms with Gasteiger partial charge < -0.3 is 25.4 Å². The van der Waals surface area contributed by atoms with Crippen LogP contribution < -0.4 is 15.4 Å². The first-order chi connectivity index (χ1) is 20.8. The summed E-state index contributed by atoms with van der Waals surface area (Å²) in [7, 11) is 0. The van der Waals surface area contributed by atoms with Gasteiger partial charge in [0.2, 0.25) is 11.8 Å². The van der Waals surface area contributed by atoms with Crippen molar-refractivity contribution < 1.29 is 28.6 Å². The minimum absolute atomic E-state index is 0.0491. The van der Waals surface area contributed by atoms with Gasteiger partial charge in [-0.15, -0.1) is 11.3 Å². The van der Waals surface area contributed by atoms with Crippen molar-refractivity contribution in [1.82, 2.24) is 20.5 Å². The third kappa shape index (κ3) is 8.57. The molecule has 1 aliphatic carbocycles. The molecule has 12 heteroatoms. The Morgan fingerprint density at radius 2 is 1.95 bits per heavy atom. The smallest absolute Gasteiger partial charge is 0.258 e. The van der Waals surface area contributed by atoms with Crippen LogP contribution in [0.25, 0.3) is 10.4 Å². The first-order valence-corrected chi connectivity index (χ1v) is 17.3. The Bertz CT molecular complexity index is 1330. The van der Waals surface area contributed by atoms with Crippen molar-refractivity contribution in [3.05, 3.63) is 35.0 Å². The second-order valence-corrected chi connectivity index (χ2v) is 14.5. The number of amides is 3. The number of unbranched alkanes of at least 4 members (excludes halogenated alkanes) is 3. The molecule has 2 aliphatic rings. The molecule has 3 atom stereocenters. The van der Waals surface area contributed by atoms with Crippen molar-refractivity contribution in [2.75, 3.05) is 18.5 Å². The van der Waals surface area contributed by atoms with Crippen LogP contribution in [0.3, 0.4) is 0 Å². The predicted octanol–water partition coefficient (Wildman–Crippen LogP) is 5.06. The molecule has 1 unspecified atom stereocenters. The Balaban J connectivity index is 1.46. The standard InChI is InChI=1S/C32H44BrFN4O5S/c1-20-26(44-19-36-20)21-9-10-22(25(15-21)43-14-8-6-5-7-13-33)17-35-28(40)24-16-23(39)18-38(24)29(41)27(31(2,3)4)37-30(42)32(34)11-12-32/h9-10,15,19,23-24,27,39H,5-8,11-14,16-18H2,1-4H3,(H,35,40)(H,37,42)/t23-,24+,27?/m1/s1. The normalized spacial score (nSPS) is 19.8. The number of aliphatic hydroxyl groups excluding tert-OH is 1. The van der Waals surface area contributed by atoms with E-state index in [0.29, 0.717) is 12.4 Å². The van der Waals surface area contributed by atoms with Gasteiger partial charge in [-0.1, -0.05) is 61.7 Å². The summed E-state index contributed by atoms with van der Waals surface area (Å²) in [6.45, 7) is 7.95. The van der Waals surface area contributed by atoms with Crippen LogP contribution in [-0.4, -0.2) is 75.1 Å². The summed E-state index contributed by atoms with van der Waals surface area (Å²) in [5.74, 6) is -1.06. The lowest BCUT2D eigenvalue weighted by molar-refractivity contribution is -0.145. The maximum Gasteiger partial charge on any atom is 0.258 e. The maximum absolute atomic E-state index is 14.5. The van der Waals surface area contributed by atoms with Gasteiger partial charge in [-0.2, -0.15) is 0 Å². The van der Waals surface area contributed by atoms with Gasteiger partial charge in [-0.3, -0.25) is 14.4 Å². The summed E-state index contributed by atoms with van der Waals surface area (Å²) >= 11 is 5.02. The number of rotatable bonds is 14. The molecule has 0 spiro atoms. The zero-order valence-corrected chi connectivity index (χ0v) is 28.4. The molecule has 0 bridgehead atoms. The van der Waals surface area contributed by atoms with Crippen LogP contribution in [0.15, 0.2) is 23.7 Å². The van der Waals surface area contributed by atoms with E-state index in [0.717, 1.165) is 52.7 Å². The molecule has 4 rings (SSSR count). The molecule has 3 N–H and O–H groups in total. The van der Waals surface area contributed by atoms with Crippen molar-refractivity contribution in [2.24, 2.45) is 5.41 Å². The van der Waals surface area contributed by atoms with Gasteiger partial charge >= 0.3 is 0 Å². The van der Waals surface area contributed by atoms with Crippen LogP contribution in [0.2, 0.25) is 0 Å². The molecule has 3 amide bonds. The van der Waals surface area contributed by atoms with Gasteiger partial charge in [0.15, 0.2) is 5.67 Å². The topological polar surface area (TPSA) is 121 Å². The van der Waals surface area contributed by atoms with Crippen LogP contribution in [-0.2, 0) is 20.9 Å². The lowest BCUT2D eigenvalue weighted by atomic mass is 9.85. The molecule has 2 heterocycles. The van der Waals surface area contributed by atoms with E-state index >= 15 is 0 Å². The number of aryl methyl sites for hydroxylation is 1. The molecule has 9 nitrogen and oxygen atoms in total. The molecular weight excluding hydrogens is 651 g/mol. The molecule has 242 valence electrons. The third-order valence-corrected chi connectivity index (χ3v) is 9.70. The van der Waals surface area contributed by atoms with Crippen molar-refractivity contribution >= 4 is 45.0 Å². The van der Waals surface area contributed by atoms with E-state index in [4.69, 9.17) is 4.74 Å². The highest BCUT2D eigenvalue weighted by Crippen LogP contribution is 2.40. The Labute approximate surface area is 271 Å². The van der Waals surface area contributed by atoms with Crippen molar-refractivity contribution in [3.8, 4) is 16.2 Å². The fourth-order valence-corrected chi connectivity index (χ4v) is 6.50. The summed E-state index contributed by atoms with van der Waals surface area (Å²) in [6.07, 6.45) is 3.64. The number of hydrogen-bond acceptors (Lipinski definition) is 7. The van der Waals surface area contributed by atoms with Crippen LogP contribution in [0.4, 0.5) is 4.39 Å². The summed E-state index contributed by atoms with van der Waals surface area (Å²) in [5, 5.41) is 17.0.